The van der Waals surface area contributed by atoms with Gasteiger partial charge in [-0.05, 0) is 30.7 Å². The van der Waals surface area contributed by atoms with Gasteiger partial charge in [-0.3, -0.25) is 4.79 Å². The highest BCUT2D eigenvalue weighted by atomic mass is 32.2. The third-order valence-electron chi connectivity index (χ3n) is 3.39. The maximum atomic E-state index is 12.8. The van der Waals surface area contributed by atoms with Gasteiger partial charge in [-0.1, -0.05) is 0 Å². The normalized spacial score (nSPS) is 20.6. The molecule has 1 fully saturated rings. The van der Waals surface area contributed by atoms with Gasteiger partial charge in [0.1, 0.15) is 5.75 Å². The molecule has 22 heavy (non-hydrogen) atoms. The molecule has 1 saturated heterocycles. The maximum absolute atomic E-state index is 12.8. The molecule has 1 aromatic rings. The van der Waals surface area contributed by atoms with Crippen LogP contribution in [0.2, 0.25) is 0 Å². The van der Waals surface area contributed by atoms with E-state index in [1.54, 1.807) is 0 Å². The summed E-state index contributed by atoms with van der Waals surface area (Å²) in [6.07, 6.45) is -5.09. The third kappa shape index (κ3) is 3.52. The van der Waals surface area contributed by atoms with Gasteiger partial charge in [0.2, 0.25) is 0 Å². The highest BCUT2D eigenvalue weighted by Gasteiger charge is 2.47. The number of hydrogen-bond donors (Lipinski definition) is 0. The summed E-state index contributed by atoms with van der Waals surface area (Å²) in [5.74, 6) is -2.35. The molecule has 0 radical (unpaired) electrons. The second-order valence-corrected chi connectivity index (χ2v) is 7.16. The quantitative estimate of drug-likeness (QED) is 0.843. The molecule has 0 unspecified atom stereocenters. The molecule has 0 bridgehead atoms. The molecular weight excluding hydrogens is 323 g/mol. The van der Waals surface area contributed by atoms with Crippen molar-refractivity contribution in [1.29, 1.82) is 0 Å². The summed E-state index contributed by atoms with van der Waals surface area (Å²) in [5, 5.41) is 0. The van der Waals surface area contributed by atoms with E-state index in [-0.39, 0.29) is 17.9 Å². The number of halogens is 3. The number of carbonyl (C=O) groups excluding carboxylic acids is 1. The number of anilines is 1. The van der Waals surface area contributed by atoms with E-state index in [1.807, 2.05) is 0 Å². The largest absolute Gasteiger partial charge is 0.497 e. The summed E-state index contributed by atoms with van der Waals surface area (Å²) in [6.45, 7) is 0. The van der Waals surface area contributed by atoms with Crippen LogP contribution in [0.15, 0.2) is 24.3 Å². The molecule has 1 aromatic carbocycles. The van der Waals surface area contributed by atoms with E-state index in [1.165, 1.54) is 31.4 Å². The van der Waals surface area contributed by atoms with Crippen molar-refractivity contribution >= 4 is 21.4 Å². The Morgan fingerprint density at radius 1 is 1.27 bits per heavy atom. The van der Waals surface area contributed by atoms with Gasteiger partial charge < -0.3 is 9.64 Å². The van der Waals surface area contributed by atoms with Crippen molar-refractivity contribution in [3.8, 4) is 5.75 Å². The molecule has 1 heterocycles. The molecule has 0 spiro atoms. The fraction of sp³-hybridized carbons (Fsp3) is 0.462. The zero-order valence-corrected chi connectivity index (χ0v) is 12.4. The van der Waals surface area contributed by atoms with Gasteiger partial charge >= 0.3 is 12.1 Å². The average molecular weight is 337 g/mol. The second-order valence-electron chi connectivity index (χ2n) is 4.93. The summed E-state index contributed by atoms with van der Waals surface area (Å²) in [5.41, 5.74) is -0.00905. The summed E-state index contributed by atoms with van der Waals surface area (Å²) in [4.78, 5) is 12.2. The Hall–Kier alpha value is -1.77. The number of rotatable bonds is 3. The zero-order chi connectivity index (χ0) is 16.5. The fourth-order valence-corrected chi connectivity index (χ4v) is 4.05. The number of hydrogen-bond acceptors (Lipinski definition) is 4. The van der Waals surface area contributed by atoms with Crippen LogP contribution in [0.5, 0.6) is 5.75 Å². The average Bonchev–Trinajstić information content (AvgIpc) is 2.79. The maximum Gasteiger partial charge on any atom is 0.471 e. The number of amides is 1. The zero-order valence-electron chi connectivity index (χ0n) is 11.6. The molecule has 1 atom stereocenters. The number of nitrogens with zero attached hydrogens (tertiary/aromatic N) is 1. The Bertz CT molecular complexity index is 655. The van der Waals surface area contributed by atoms with Crippen molar-refractivity contribution in [3.05, 3.63) is 24.3 Å². The van der Waals surface area contributed by atoms with Gasteiger partial charge in [-0.25, -0.2) is 8.42 Å². The van der Waals surface area contributed by atoms with Gasteiger partial charge in [0.05, 0.1) is 24.7 Å². The van der Waals surface area contributed by atoms with Crippen LogP contribution in [-0.4, -0.2) is 45.2 Å². The second kappa shape index (κ2) is 5.79. The van der Waals surface area contributed by atoms with Gasteiger partial charge in [0.15, 0.2) is 9.84 Å². The van der Waals surface area contributed by atoms with Crippen LogP contribution in [0.1, 0.15) is 6.42 Å². The van der Waals surface area contributed by atoms with Crippen LogP contribution in [0.25, 0.3) is 0 Å². The van der Waals surface area contributed by atoms with E-state index in [4.69, 9.17) is 4.74 Å². The molecule has 1 aliphatic rings. The van der Waals surface area contributed by atoms with Crippen molar-refractivity contribution in [3.63, 3.8) is 0 Å². The minimum Gasteiger partial charge on any atom is -0.497 e. The number of sulfone groups is 1. The Morgan fingerprint density at radius 2 is 1.86 bits per heavy atom. The number of alkyl halides is 3. The van der Waals surface area contributed by atoms with Gasteiger partial charge in [0, 0.05) is 5.69 Å². The Kier molecular flexibility index (Phi) is 4.37. The lowest BCUT2D eigenvalue weighted by Gasteiger charge is -2.29. The number of ether oxygens (including phenoxy) is 1. The standard InChI is InChI=1S/C13H14F3NO4S/c1-21-11-4-2-9(3-5-11)17(12(18)13(14,15)16)10-6-7-22(19,20)8-10/h2-5,10H,6-8H2,1H3/t10-/m0/s1. The molecule has 1 aliphatic heterocycles. The molecule has 0 N–H and O–H groups in total. The predicted molar refractivity (Wildman–Crippen MR) is 73.6 cm³/mol. The molecule has 122 valence electrons. The summed E-state index contributed by atoms with van der Waals surface area (Å²) >= 11 is 0. The van der Waals surface area contributed by atoms with Crippen molar-refractivity contribution in [1.82, 2.24) is 0 Å². The van der Waals surface area contributed by atoms with Crippen LogP contribution < -0.4 is 9.64 Å². The van der Waals surface area contributed by atoms with Crippen molar-refractivity contribution in [2.24, 2.45) is 0 Å². The first-order valence-electron chi connectivity index (χ1n) is 6.39. The fourth-order valence-electron chi connectivity index (χ4n) is 2.35. The van der Waals surface area contributed by atoms with Gasteiger partial charge in [0.25, 0.3) is 0 Å². The van der Waals surface area contributed by atoms with Crippen molar-refractivity contribution in [2.45, 2.75) is 18.6 Å². The van der Waals surface area contributed by atoms with Crippen molar-refractivity contribution in [2.75, 3.05) is 23.5 Å². The Morgan fingerprint density at radius 3 is 2.27 bits per heavy atom. The molecule has 0 saturated carbocycles. The summed E-state index contributed by atoms with van der Waals surface area (Å²) in [6, 6.07) is 4.40. The van der Waals surface area contributed by atoms with Crippen LogP contribution in [0, 0.1) is 0 Å². The summed E-state index contributed by atoms with van der Waals surface area (Å²) in [7, 11) is -2.03. The molecular formula is C13H14F3NO4S. The first kappa shape index (κ1) is 16.6. The molecule has 0 aromatic heterocycles. The number of carbonyl (C=O) groups is 1. The molecule has 1 amide bonds. The van der Waals surface area contributed by atoms with Crippen LogP contribution >= 0.6 is 0 Å². The molecule has 2 rings (SSSR count). The first-order valence-corrected chi connectivity index (χ1v) is 8.21. The lowest BCUT2D eigenvalue weighted by atomic mass is 10.1. The highest BCUT2D eigenvalue weighted by molar-refractivity contribution is 7.91. The van der Waals surface area contributed by atoms with E-state index >= 15 is 0 Å². The smallest absolute Gasteiger partial charge is 0.471 e. The number of methoxy groups -OCH3 is 1. The van der Waals surface area contributed by atoms with Gasteiger partial charge in [-0.15, -0.1) is 0 Å². The SMILES string of the molecule is COc1ccc(N(C(=O)C(F)(F)F)[C@H]2CCS(=O)(=O)C2)cc1. The molecule has 5 nitrogen and oxygen atoms in total. The van der Waals surface area contributed by atoms with E-state index in [0.29, 0.717) is 10.6 Å². The van der Waals surface area contributed by atoms with Crippen LogP contribution in [-0.2, 0) is 14.6 Å². The van der Waals surface area contributed by atoms with Crippen LogP contribution in [0.3, 0.4) is 0 Å². The third-order valence-corrected chi connectivity index (χ3v) is 5.14. The lowest BCUT2D eigenvalue weighted by Crippen LogP contribution is -2.48. The van der Waals surface area contributed by atoms with Crippen LogP contribution in [0.4, 0.5) is 18.9 Å². The highest BCUT2D eigenvalue weighted by Crippen LogP contribution is 2.30. The number of benzene rings is 1. The topological polar surface area (TPSA) is 63.7 Å². The monoisotopic (exact) mass is 337 g/mol. The first-order chi connectivity index (χ1) is 10.1. The Balaban J connectivity index is 2.39. The Labute approximate surface area is 125 Å². The lowest BCUT2D eigenvalue weighted by molar-refractivity contribution is -0.170. The van der Waals surface area contributed by atoms with Gasteiger partial charge in [-0.2, -0.15) is 13.2 Å². The minimum absolute atomic E-state index is 0.00905. The van der Waals surface area contributed by atoms with E-state index < -0.39 is 33.7 Å². The van der Waals surface area contributed by atoms with E-state index in [0.717, 1.165) is 0 Å². The minimum atomic E-state index is -5.08. The van der Waals surface area contributed by atoms with Crippen molar-refractivity contribution < 1.29 is 31.1 Å². The molecule has 9 heteroatoms. The summed E-state index contributed by atoms with van der Waals surface area (Å²) < 4.78 is 66.4. The predicted octanol–water partition coefficient (Wildman–Crippen LogP) is 1.78. The van der Waals surface area contributed by atoms with E-state index in [2.05, 4.69) is 0 Å². The molecule has 0 aliphatic carbocycles. The van der Waals surface area contributed by atoms with E-state index in [9.17, 15) is 26.4 Å².